The van der Waals surface area contributed by atoms with Gasteiger partial charge < -0.3 is 5.32 Å². The molecule has 2 aromatic carbocycles. The second-order valence-corrected chi connectivity index (χ2v) is 7.51. The molecule has 148 valence electrons. The topological polar surface area (TPSA) is 64.7 Å². The largest absolute Gasteiger partial charge is 0.326 e. The molecular weight excluding hydrogens is 362 g/mol. The molecule has 4 rings (SSSR count). The summed E-state index contributed by atoms with van der Waals surface area (Å²) in [7, 11) is 0. The molecule has 0 aliphatic rings. The van der Waals surface area contributed by atoms with Crippen LogP contribution in [0.3, 0.4) is 0 Å². The molecule has 6 heteroatoms. The Morgan fingerprint density at radius 2 is 1.90 bits per heavy atom. The number of aromatic nitrogens is 4. The van der Waals surface area contributed by atoms with Crippen LogP contribution in [0, 0.1) is 20.8 Å². The zero-order valence-corrected chi connectivity index (χ0v) is 17.0. The Kier molecular flexibility index (Phi) is 5.16. The van der Waals surface area contributed by atoms with Crippen LogP contribution in [0.25, 0.3) is 10.9 Å². The summed E-state index contributed by atoms with van der Waals surface area (Å²) in [6.07, 6.45) is 2.22. The number of nitrogens with zero attached hydrogens (tertiary/aromatic N) is 4. The summed E-state index contributed by atoms with van der Waals surface area (Å²) in [5.41, 5.74) is 6.29. The minimum Gasteiger partial charge on any atom is -0.326 e. The molecule has 6 nitrogen and oxygen atoms in total. The Morgan fingerprint density at radius 1 is 1.03 bits per heavy atom. The molecule has 0 saturated heterocycles. The summed E-state index contributed by atoms with van der Waals surface area (Å²) in [4.78, 5) is 12.5. The molecular formula is C23H25N5O. The molecule has 0 saturated carbocycles. The summed E-state index contributed by atoms with van der Waals surface area (Å²) in [5, 5.41) is 13.0. The van der Waals surface area contributed by atoms with Crippen molar-refractivity contribution in [1.29, 1.82) is 0 Å². The fourth-order valence-corrected chi connectivity index (χ4v) is 3.57. The van der Waals surface area contributed by atoms with E-state index >= 15 is 0 Å². The van der Waals surface area contributed by atoms with E-state index in [4.69, 9.17) is 0 Å². The SMILES string of the molecule is Cc1ccc2c(cnn2CCC(=O)Nc2cccc(Cn3nc(C)cc3C)c2)c1. The van der Waals surface area contributed by atoms with Crippen molar-refractivity contribution in [2.75, 3.05) is 5.32 Å². The van der Waals surface area contributed by atoms with Crippen LogP contribution >= 0.6 is 0 Å². The summed E-state index contributed by atoms with van der Waals surface area (Å²) >= 11 is 0. The van der Waals surface area contributed by atoms with Gasteiger partial charge in [0, 0.05) is 23.2 Å². The standard InChI is InChI=1S/C23H25N5O/c1-16-7-8-22-20(11-16)14-24-27(22)10-9-23(29)25-21-6-4-5-19(13-21)15-28-18(3)12-17(2)26-28/h4-8,11-14H,9-10,15H2,1-3H3,(H,25,29). The molecule has 0 bridgehead atoms. The van der Waals surface area contributed by atoms with Crippen LogP contribution in [0.15, 0.2) is 54.7 Å². The first-order chi connectivity index (χ1) is 14.0. The highest BCUT2D eigenvalue weighted by molar-refractivity contribution is 5.90. The number of nitrogens with one attached hydrogen (secondary N) is 1. The molecule has 0 fully saturated rings. The monoisotopic (exact) mass is 387 g/mol. The first-order valence-corrected chi connectivity index (χ1v) is 9.80. The Bertz CT molecular complexity index is 1170. The second-order valence-electron chi connectivity index (χ2n) is 7.51. The summed E-state index contributed by atoms with van der Waals surface area (Å²) in [6, 6.07) is 16.2. The predicted molar refractivity (Wildman–Crippen MR) is 115 cm³/mol. The van der Waals surface area contributed by atoms with Gasteiger partial charge in [0.15, 0.2) is 0 Å². The predicted octanol–water partition coefficient (Wildman–Crippen LogP) is 4.24. The van der Waals surface area contributed by atoms with Gasteiger partial charge in [-0.3, -0.25) is 14.2 Å². The Balaban J connectivity index is 1.38. The minimum atomic E-state index is -0.0241. The van der Waals surface area contributed by atoms with Crippen LogP contribution in [-0.2, 0) is 17.9 Å². The van der Waals surface area contributed by atoms with Crippen LogP contribution in [0.2, 0.25) is 0 Å². The van der Waals surface area contributed by atoms with Crippen LogP contribution in [-0.4, -0.2) is 25.5 Å². The first kappa shape index (κ1) is 18.9. The molecule has 4 aromatic rings. The molecule has 29 heavy (non-hydrogen) atoms. The fraction of sp³-hybridized carbons (Fsp3) is 0.261. The maximum absolute atomic E-state index is 12.5. The van der Waals surface area contributed by atoms with Gasteiger partial charge in [-0.1, -0.05) is 23.8 Å². The third-order valence-corrected chi connectivity index (χ3v) is 4.99. The van der Waals surface area contributed by atoms with E-state index in [1.807, 2.05) is 53.7 Å². The van der Waals surface area contributed by atoms with E-state index in [0.29, 0.717) is 19.5 Å². The van der Waals surface area contributed by atoms with Crippen LogP contribution in [0.5, 0.6) is 0 Å². The van der Waals surface area contributed by atoms with E-state index < -0.39 is 0 Å². The molecule has 1 amide bonds. The van der Waals surface area contributed by atoms with Gasteiger partial charge in [0.25, 0.3) is 0 Å². The van der Waals surface area contributed by atoms with E-state index in [1.54, 1.807) is 0 Å². The molecule has 0 radical (unpaired) electrons. The van der Waals surface area contributed by atoms with Crippen molar-refractivity contribution >= 4 is 22.5 Å². The van der Waals surface area contributed by atoms with E-state index in [9.17, 15) is 4.79 Å². The molecule has 2 heterocycles. The van der Waals surface area contributed by atoms with Gasteiger partial charge in [-0.2, -0.15) is 10.2 Å². The number of amides is 1. The van der Waals surface area contributed by atoms with Gasteiger partial charge in [0.05, 0.1) is 30.5 Å². The number of hydrogen-bond acceptors (Lipinski definition) is 3. The summed E-state index contributed by atoms with van der Waals surface area (Å²) in [6.45, 7) is 7.33. The Hall–Kier alpha value is -3.41. The normalized spacial score (nSPS) is 11.1. The molecule has 2 aromatic heterocycles. The van der Waals surface area contributed by atoms with Crippen LogP contribution in [0.1, 0.15) is 28.9 Å². The number of hydrogen-bond donors (Lipinski definition) is 1. The van der Waals surface area contributed by atoms with E-state index in [-0.39, 0.29) is 5.91 Å². The lowest BCUT2D eigenvalue weighted by Gasteiger charge is -2.09. The minimum absolute atomic E-state index is 0.0241. The van der Waals surface area contributed by atoms with Crippen molar-refractivity contribution in [3.8, 4) is 0 Å². The van der Waals surface area contributed by atoms with Crippen molar-refractivity contribution in [1.82, 2.24) is 19.6 Å². The average Bonchev–Trinajstić information content (AvgIpc) is 3.22. The van der Waals surface area contributed by atoms with Gasteiger partial charge in [0.2, 0.25) is 5.91 Å². The maximum atomic E-state index is 12.5. The second kappa shape index (κ2) is 7.91. The smallest absolute Gasteiger partial charge is 0.226 e. The van der Waals surface area contributed by atoms with E-state index in [0.717, 1.165) is 33.5 Å². The number of fused-ring (bicyclic) bond motifs is 1. The van der Waals surface area contributed by atoms with Crippen molar-refractivity contribution in [3.63, 3.8) is 0 Å². The van der Waals surface area contributed by atoms with Crippen LogP contribution < -0.4 is 5.32 Å². The lowest BCUT2D eigenvalue weighted by molar-refractivity contribution is -0.116. The highest BCUT2D eigenvalue weighted by Crippen LogP contribution is 2.17. The van der Waals surface area contributed by atoms with Crippen LogP contribution in [0.4, 0.5) is 5.69 Å². The fourth-order valence-electron chi connectivity index (χ4n) is 3.57. The van der Waals surface area contributed by atoms with Crippen molar-refractivity contribution in [2.45, 2.75) is 40.3 Å². The quantitative estimate of drug-likeness (QED) is 0.538. The van der Waals surface area contributed by atoms with E-state index in [1.165, 1.54) is 5.56 Å². The number of rotatable bonds is 6. The average molecular weight is 387 g/mol. The van der Waals surface area contributed by atoms with Gasteiger partial charge in [0.1, 0.15) is 0 Å². The zero-order valence-electron chi connectivity index (χ0n) is 17.0. The molecule has 0 aliphatic heterocycles. The lowest BCUT2D eigenvalue weighted by Crippen LogP contribution is -2.15. The zero-order chi connectivity index (χ0) is 20.4. The number of anilines is 1. The molecule has 0 unspecified atom stereocenters. The number of benzene rings is 2. The Morgan fingerprint density at radius 3 is 2.69 bits per heavy atom. The van der Waals surface area contributed by atoms with Gasteiger partial charge >= 0.3 is 0 Å². The Labute approximate surface area is 170 Å². The first-order valence-electron chi connectivity index (χ1n) is 9.80. The van der Waals surface area contributed by atoms with Crippen molar-refractivity contribution in [2.24, 2.45) is 0 Å². The van der Waals surface area contributed by atoms with E-state index in [2.05, 4.69) is 46.7 Å². The van der Waals surface area contributed by atoms with Gasteiger partial charge in [-0.15, -0.1) is 0 Å². The van der Waals surface area contributed by atoms with Gasteiger partial charge in [-0.25, -0.2) is 0 Å². The van der Waals surface area contributed by atoms with Crippen molar-refractivity contribution < 1.29 is 4.79 Å². The molecule has 0 spiro atoms. The summed E-state index contributed by atoms with van der Waals surface area (Å²) < 4.78 is 3.86. The highest BCUT2D eigenvalue weighted by Gasteiger charge is 2.08. The number of carbonyl (C=O) groups is 1. The highest BCUT2D eigenvalue weighted by atomic mass is 16.1. The van der Waals surface area contributed by atoms with Gasteiger partial charge in [-0.05, 0) is 56.7 Å². The summed E-state index contributed by atoms with van der Waals surface area (Å²) in [5.74, 6) is -0.0241. The van der Waals surface area contributed by atoms with Crippen molar-refractivity contribution in [3.05, 3.63) is 77.2 Å². The molecule has 1 N–H and O–H groups in total. The number of aryl methyl sites for hydroxylation is 4. The maximum Gasteiger partial charge on any atom is 0.226 e. The lowest BCUT2D eigenvalue weighted by atomic mass is 10.2. The number of carbonyl (C=O) groups excluding carboxylic acids is 1. The third kappa shape index (κ3) is 4.37. The molecule has 0 atom stereocenters. The third-order valence-electron chi connectivity index (χ3n) is 4.99. The molecule has 0 aliphatic carbocycles.